The zero-order valence-corrected chi connectivity index (χ0v) is 19.0. The molecule has 162 valence electrons. The highest BCUT2D eigenvalue weighted by molar-refractivity contribution is 7.89. The molecule has 0 aliphatic carbocycles. The third-order valence-electron chi connectivity index (χ3n) is 4.58. The lowest BCUT2D eigenvalue weighted by molar-refractivity contribution is -0.121. The standard InChI is InChI=1S/C21H26ClN3O4S/c1-15(26)24-18-8-10-19(11-9-18)30(28,29)25(4)13-20(27)23-14-21(2,3)16-6-5-7-17(22)12-16/h5-12H,13-14H2,1-4H3,(H,23,27)(H,24,26). The average Bonchev–Trinajstić information content (AvgIpc) is 2.66. The Morgan fingerprint density at radius 1 is 1.10 bits per heavy atom. The van der Waals surface area contributed by atoms with Gasteiger partial charge < -0.3 is 10.6 Å². The van der Waals surface area contributed by atoms with E-state index >= 15 is 0 Å². The highest BCUT2D eigenvalue weighted by Crippen LogP contribution is 2.25. The number of anilines is 1. The second-order valence-corrected chi connectivity index (χ2v) is 10.1. The molecule has 2 rings (SSSR count). The van der Waals surface area contributed by atoms with E-state index in [0.717, 1.165) is 9.87 Å². The van der Waals surface area contributed by atoms with Crippen molar-refractivity contribution in [2.75, 3.05) is 25.5 Å². The molecule has 0 saturated carbocycles. The summed E-state index contributed by atoms with van der Waals surface area (Å²) in [5, 5.41) is 5.98. The number of sulfonamides is 1. The maximum Gasteiger partial charge on any atom is 0.243 e. The van der Waals surface area contributed by atoms with Crippen molar-refractivity contribution in [3.05, 3.63) is 59.1 Å². The smallest absolute Gasteiger partial charge is 0.243 e. The SMILES string of the molecule is CC(=O)Nc1ccc(S(=O)(=O)N(C)CC(=O)NCC(C)(C)c2cccc(Cl)c2)cc1. The van der Waals surface area contributed by atoms with Crippen LogP contribution in [0.3, 0.4) is 0 Å². The van der Waals surface area contributed by atoms with E-state index in [2.05, 4.69) is 10.6 Å². The van der Waals surface area contributed by atoms with Crippen molar-refractivity contribution in [2.45, 2.75) is 31.1 Å². The summed E-state index contributed by atoms with van der Waals surface area (Å²) in [6.07, 6.45) is 0. The highest BCUT2D eigenvalue weighted by Gasteiger charge is 2.25. The number of carbonyl (C=O) groups excluding carboxylic acids is 2. The number of hydrogen-bond donors (Lipinski definition) is 2. The minimum atomic E-state index is -3.85. The van der Waals surface area contributed by atoms with Crippen LogP contribution in [0, 0.1) is 0 Å². The molecule has 2 aromatic rings. The summed E-state index contributed by atoms with van der Waals surface area (Å²) in [5.41, 5.74) is 1.08. The Hall–Kier alpha value is -2.42. The number of carbonyl (C=O) groups is 2. The molecule has 2 amide bonds. The van der Waals surface area contributed by atoms with Crippen LogP contribution >= 0.6 is 11.6 Å². The second-order valence-electron chi connectivity index (χ2n) is 7.64. The Morgan fingerprint density at radius 2 is 1.73 bits per heavy atom. The Labute approximate surface area is 182 Å². The molecule has 2 aromatic carbocycles. The van der Waals surface area contributed by atoms with Crippen LogP contribution in [-0.4, -0.2) is 44.7 Å². The Balaban J connectivity index is 1.99. The van der Waals surface area contributed by atoms with E-state index in [1.54, 1.807) is 6.07 Å². The monoisotopic (exact) mass is 451 g/mol. The van der Waals surface area contributed by atoms with Gasteiger partial charge >= 0.3 is 0 Å². The molecule has 0 bridgehead atoms. The summed E-state index contributed by atoms with van der Waals surface area (Å²) < 4.78 is 26.4. The van der Waals surface area contributed by atoms with Gasteiger partial charge in [-0.3, -0.25) is 9.59 Å². The van der Waals surface area contributed by atoms with Gasteiger partial charge in [0, 0.05) is 36.6 Å². The van der Waals surface area contributed by atoms with Crippen LogP contribution in [0.25, 0.3) is 0 Å². The van der Waals surface area contributed by atoms with Gasteiger partial charge in [0.1, 0.15) is 0 Å². The summed E-state index contributed by atoms with van der Waals surface area (Å²) in [6, 6.07) is 13.2. The minimum Gasteiger partial charge on any atom is -0.354 e. The molecule has 0 fully saturated rings. The van der Waals surface area contributed by atoms with Crippen molar-refractivity contribution >= 4 is 39.1 Å². The zero-order valence-electron chi connectivity index (χ0n) is 17.4. The van der Waals surface area contributed by atoms with Crippen molar-refractivity contribution in [3.63, 3.8) is 0 Å². The van der Waals surface area contributed by atoms with Crippen LogP contribution in [0.4, 0.5) is 5.69 Å². The van der Waals surface area contributed by atoms with E-state index in [4.69, 9.17) is 11.6 Å². The Bertz CT molecular complexity index is 1020. The van der Waals surface area contributed by atoms with Crippen LogP contribution in [-0.2, 0) is 25.0 Å². The fraction of sp³-hybridized carbons (Fsp3) is 0.333. The predicted octanol–water partition coefficient (Wildman–Crippen LogP) is 3.01. The van der Waals surface area contributed by atoms with Crippen LogP contribution < -0.4 is 10.6 Å². The minimum absolute atomic E-state index is 0.0335. The Kier molecular flexibility index (Phi) is 7.63. The summed E-state index contributed by atoms with van der Waals surface area (Å²) in [7, 11) is -2.50. The molecule has 0 atom stereocenters. The Morgan fingerprint density at radius 3 is 2.30 bits per heavy atom. The lowest BCUT2D eigenvalue weighted by atomic mass is 9.84. The highest BCUT2D eigenvalue weighted by atomic mass is 35.5. The molecule has 0 aliphatic heterocycles. The molecule has 0 radical (unpaired) electrons. The van der Waals surface area contributed by atoms with Gasteiger partial charge in [0.2, 0.25) is 21.8 Å². The van der Waals surface area contributed by atoms with Crippen LogP contribution in [0.1, 0.15) is 26.3 Å². The van der Waals surface area contributed by atoms with E-state index in [1.807, 2.05) is 32.0 Å². The van der Waals surface area contributed by atoms with Crippen molar-refractivity contribution < 1.29 is 18.0 Å². The van der Waals surface area contributed by atoms with Crippen molar-refractivity contribution in [3.8, 4) is 0 Å². The lowest BCUT2D eigenvalue weighted by Crippen LogP contribution is -2.42. The summed E-state index contributed by atoms with van der Waals surface area (Å²) in [6.45, 7) is 5.31. The number of likely N-dealkylation sites (N-methyl/N-ethyl adjacent to an activating group) is 1. The topological polar surface area (TPSA) is 95.6 Å². The molecule has 0 heterocycles. The predicted molar refractivity (Wildman–Crippen MR) is 118 cm³/mol. The molecule has 7 nitrogen and oxygen atoms in total. The molecule has 0 saturated heterocycles. The first-order valence-electron chi connectivity index (χ1n) is 9.28. The maximum absolute atomic E-state index is 12.7. The van der Waals surface area contributed by atoms with Gasteiger partial charge in [-0.1, -0.05) is 37.6 Å². The van der Waals surface area contributed by atoms with E-state index in [-0.39, 0.29) is 22.8 Å². The maximum atomic E-state index is 12.7. The van der Waals surface area contributed by atoms with Crippen LogP contribution in [0.5, 0.6) is 0 Å². The molecular weight excluding hydrogens is 426 g/mol. The van der Waals surface area contributed by atoms with E-state index in [0.29, 0.717) is 17.3 Å². The van der Waals surface area contributed by atoms with E-state index in [1.165, 1.54) is 38.2 Å². The van der Waals surface area contributed by atoms with Gasteiger partial charge in [0.15, 0.2) is 0 Å². The zero-order chi connectivity index (χ0) is 22.5. The number of amides is 2. The number of rotatable bonds is 8. The first-order valence-corrected chi connectivity index (χ1v) is 11.1. The summed E-state index contributed by atoms with van der Waals surface area (Å²) in [5.74, 6) is -0.661. The third-order valence-corrected chi connectivity index (χ3v) is 6.64. The van der Waals surface area contributed by atoms with Gasteiger partial charge in [-0.2, -0.15) is 4.31 Å². The van der Waals surface area contributed by atoms with Crippen molar-refractivity contribution in [1.29, 1.82) is 0 Å². The second kappa shape index (κ2) is 9.59. The molecule has 9 heteroatoms. The number of halogens is 1. The lowest BCUT2D eigenvalue weighted by Gasteiger charge is -2.26. The summed E-state index contributed by atoms with van der Waals surface area (Å²) in [4.78, 5) is 23.5. The molecular formula is C21H26ClN3O4S. The largest absolute Gasteiger partial charge is 0.354 e. The first kappa shape index (κ1) is 23.9. The van der Waals surface area contributed by atoms with Gasteiger partial charge in [-0.05, 0) is 42.0 Å². The molecule has 0 spiro atoms. The molecule has 30 heavy (non-hydrogen) atoms. The van der Waals surface area contributed by atoms with Crippen molar-refractivity contribution in [1.82, 2.24) is 9.62 Å². The third kappa shape index (κ3) is 6.29. The van der Waals surface area contributed by atoms with E-state index < -0.39 is 15.9 Å². The van der Waals surface area contributed by atoms with Crippen LogP contribution in [0.15, 0.2) is 53.4 Å². The normalized spacial score (nSPS) is 11.9. The first-order chi connectivity index (χ1) is 13.9. The quantitative estimate of drug-likeness (QED) is 0.644. The fourth-order valence-corrected chi connectivity index (χ4v) is 4.09. The molecule has 0 aliphatic rings. The van der Waals surface area contributed by atoms with Gasteiger partial charge in [0.25, 0.3) is 0 Å². The molecule has 0 unspecified atom stereocenters. The fourth-order valence-electron chi connectivity index (χ4n) is 2.77. The number of benzene rings is 2. The van der Waals surface area contributed by atoms with Crippen molar-refractivity contribution in [2.24, 2.45) is 0 Å². The number of hydrogen-bond acceptors (Lipinski definition) is 4. The number of nitrogens with one attached hydrogen (secondary N) is 2. The number of nitrogens with zero attached hydrogens (tertiary/aromatic N) is 1. The summed E-state index contributed by atoms with van der Waals surface area (Å²) >= 11 is 6.04. The molecule has 2 N–H and O–H groups in total. The average molecular weight is 452 g/mol. The van der Waals surface area contributed by atoms with E-state index in [9.17, 15) is 18.0 Å². The van der Waals surface area contributed by atoms with Gasteiger partial charge in [-0.25, -0.2) is 8.42 Å². The molecule has 0 aromatic heterocycles. The van der Waals surface area contributed by atoms with Gasteiger partial charge in [-0.15, -0.1) is 0 Å². The van der Waals surface area contributed by atoms with Gasteiger partial charge in [0.05, 0.1) is 11.4 Å². The van der Waals surface area contributed by atoms with Crippen LogP contribution in [0.2, 0.25) is 5.02 Å².